The summed E-state index contributed by atoms with van der Waals surface area (Å²) >= 11 is 5.05. The maximum Gasteiger partial charge on any atom is 0.184 e. The summed E-state index contributed by atoms with van der Waals surface area (Å²) in [6, 6.07) is 18.2. The number of thiazole rings is 1. The number of nitrogens with zero attached hydrogens (tertiary/aromatic N) is 4. The van der Waals surface area contributed by atoms with Crippen LogP contribution in [0.2, 0.25) is 0 Å². The van der Waals surface area contributed by atoms with Crippen molar-refractivity contribution in [1.29, 1.82) is 0 Å². The third kappa shape index (κ3) is 3.40. The fraction of sp³-hybridized carbons (Fsp3) is 0.174. The van der Waals surface area contributed by atoms with E-state index in [2.05, 4.69) is 55.5 Å². The van der Waals surface area contributed by atoms with Crippen LogP contribution in [-0.2, 0) is 13.0 Å². The van der Waals surface area contributed by atoms with E-state index in [0.717, 1.165) is 42.2 Å². The Bertz CT molecular complexity index is 1430. The van der Waals surface area contributed by atoms with E-state index < -0.39 is 6.10 Å². The molecule has 0 saturated carbocycles. The number of nitrogens with one attached hydrogen (secondary N) is 1. The highest BCUT2D eigenvalue weighted by atomic mass is 79.9. The van der Waals surface area contributed by atoms with E-state index in [-0.39, 0.29) is 6.04 Å². The SMILES string of the molecule is OC1Cc2ccccc2C1Nc1nc2ccc(Cn3cnc4ccc(Br)nc43)cc2s1. The van der Waals surface area contributed by atoms with Crippen molar-refractivity contribution in [3.05, 3.63) is 82.2 Å². The van der Waals surface area contributed by atoms with Crippen molar-refractivity contribution >= 4 is 53.8 Å². The summed E-state index contributed by atoms with van der Waals surface area (Å²) in [5.74, 6) is 0. The lowest BCUT2D eigenvalue weighted by Gasteiger charge is -2.16. The van der Waals surface area contributed by atoms with Gasteiger partial charge in [0.15, 0.2) is 10.8 Å². The van der Waals surface area contributed by atoms with Crippen LogP contribution in [0.5, 0.6) is 0 Å². The number of halogens is 1. The van der Waals surface area contributed by atoms with Gasteiger partial charge in [0.25, 0.3) is 0 Å². The van der Waals surface area contributed by atoms with Gasteiger partial charge in [-0.15, -0.1) is 0 Å². The van der Waals surface area contributed by atoms with Crippen LogP contribution in [0.4, 0.5) is 5.13 Å². The third-order valence-electron chi connectivity index (χ3n) is 5.72. The molecule has 3 aromatic heterocycles. The van der Waals surface area contributed by atoms with Crippen molar-refractivity contribution in [2.24, 2.45) is 0 Å². The number of aromatic nitrogens is 4. The molecule has 1 aliphatic rings. The monoisotopic (exact) mass is 491 g/mol. The Morgan fingerprint density at radius 1 is 1.10 bits per heavy atom. The lowest BCUT2D eigenvalue weighted by Crippen LogP contribution is -2.20. The Hall–Kier alpha value is -2.81. The summed E-state index contributed by atoms with van der Waals surface area (Å²) in [4.78, 5) is 13.7. The Kier molecular flexibility index (Phi) is 4.52. The molecule has 3 heterocycles. The quantitative estimate of drug-likeness (QED) is 0.349. The molecular formula is C23H18BrN5OS. The fourth-order valence-corrected chi connectivity index (χ4v) is 5.51. The first kappa shape index (κ1) is 18.9. The Balaban J connectivity index is 1.28. The van der Waals surface area contributed by atoms with Crippen LogP contribution in [0.3, 0.4) is 0 Å². The van der Waals surface area contributed by atoms with Gasteiger partial charge in [-0.05, 0) is 56.9 Å². The minimum Gasteiger partial charge on any atom is -0.390 e. The van der Waals surface area contributed by atoms with Crippen molar-refractivity contribution in [3.8, 4) is 0 Å². The van der Waals surface area contributed by atoms with E-state index >= 15 is 0 Å². The third-order valence-corrected chi connectivity index (χ3v) is 7.11. The van der Waals surface area contributed by atoms with Gasteiger partial charge in [-0.25, -0.2) is 15.0 Å². The van der Waals surface area contributed by atoms with Gasteiger partial charge in [-0.2, -0.15) is 0 Å². The molecule has 6 nitrogen and oxygen atoms in total. The molecule has 154 valence electrons. The van der Waals surface area contributed by atoms with Gasteiger partial charge >= 0.3 is 0 Å². The standard InChI is InChI=1S/C23H18BrN5OS/c24-20-8-7-17-22(27-20)29(12-25-17)11-13-5-6-16-19(9-13)31-23(26-16)28-21-15-4-2-1-3-14(15)10-18(21)30/h1-9,12,18,21,30H,10-11H2,(H,26,28). The molecule has 0 spiro atoms. The van der Waals surface area contributed by atoms with Crippen molar-refractivity contribution in [2.45, 2.75) is 25.1 Å². The summed E-state index contributed by atoms with van der Waals surface area (Å²) in [5, 5.41) is 14.8. The average molecular weight is 492 g/mol. The summed E-state index contributed by atoms with van der Waals surface area (Å²) in [5.41, 5.74) is 6.20. The highest BCUT2D eigenvalue weighted by Gasteiger charge is 2.31. The highest BCUT2D eigenvalue weighted by molar-refractivity contribution is 9.10. The van der Waals surface area contributed by atoms with Gasteiger partial charge in [-0.1, -0.05) is 41.7 Å². The normalized spacial score (nSPS) is 18.0. The summed E-state index contributed by atoms with van der Waals surface area (Å²) < 4.78 is 3.96. The number of pyridine rings is 1. The first-order valence-corrected chi connectivity index (χ1v) is 11.6. The van der Waals surface area contributed by atoms with Gasteiger partial charge in [0.1, 0.15) is 10.1 Å². The topological polar surface area (TPSA) is 75.9 Å². The lowest BCUT2D eigenvalue weighted by molar-refractivity contribution is 0.166. The zero-order valence-electron chi connectivity index (χ0n) is 16.4. The minimum absolute atomic E-state index is 0.127. The molecule has 0 radical (unpaired) electrons. The first-order chi connectivity index (χ1) is 15.1. The lowest BCUT2D eigenvalue weighted by atomic mass is 10.1. The molecule has 2 aromatic carbocycles. The maximum atomic E-state index is 10.5. The van der Waals surface area contributed by atoms with E-state index in [4.69, 9.17) is 4.98 Å². The molecule has 6 rings (SSSR count). The maximum absolute atomic E-state index is 10.5. The Labute approximate surface area is 190 Å². The summed E-state index contributed by atoms with van der Waals surface area (Å²) in [7, 11) is 0. The number of aliphatic hydroxyl groups excluding tert-OH is 1. The van der Waals surface area contributed by atoms with Gasteiger partial charge < -0.3 is 15.0 Å². The molecule has 0 amide bonds. The molecule has 0 bridgehead atoms. The first-order valence-electron chi connectivity index (χ1n) is 10.0. The number of aliphatic hydroxyl groups is 1. The van der Waals surface area contributed by atoms with Crippen molar-refractivity contribution < 1.29 is 5.11 Å². The van der Waals surface area contributed by atoms with Gasteiger partial charge in [0, 0.05) is 6.42 Å². The second kappa shape index (κ2) is 7.40. The molecule has 1 aliphatic carbocycles. The van der Waals surface area contributed by atoms with Gasteiger partial charge in [-0.3, -0.25) is 0 Å². The van der Waals surface area contributed by atoms with Crippen LogP contribution >= 0.6 is 27.3 Å². The number of fused-ring (bicyclic) bond motifs is 3. The number of anilines is 1. The molecule has 2 atom stereocenters. The fourth-order valence-electron chi connectivity index (χ4n) is 4.24. The molecule has 5 aromatic rings. The van der Waals surface area contributed by atoms with E-state index in [1.54, 1.807) is 11.3 Å². The number of hydrogen-bond acceptors (Lipinski definition) is 6. The summed E-state index contributed by atoms with van der Waals surface area (Å²) in [6.45, 7) is 0.686. The van der Waals surface area contributed by atoms with E-state index in [9.17, 15) is 5.11 Å². The Morgan fingerprint density at radius 2 is 1.97 bits per heavy atom. The van der Waals surface area contributed by atoms with Crippen LogP contribution in [0.15, 0.2) is 65.5 Å². The van der Waals surface area contributed by atoms with Crippen molar-refractivity contribution in [1.82, 2.24) is 19.5 Å². The van der Waals surface area contributed by atoms with Gasteiger partial charge in [0.2, 0.25) is 0 Å². The number of rotatable bonds is 4. The molecule has 0 saturated heterocycles. The number of benzene rings is 2. The average Bonchev–Trinajstić information content (AvgIpc) is 3.44. The largest absolute Gasteiger partial charge is 0.390 e. The predicted octanol–water partition coefficient (Wildman–Crippen LogP) is 4.92. The zero-order valence-corrected chi connectivity index (χ0v) is 18.8. The minimum atomic E-state index is -0.443. The molecule has 8 heteroatoms. The van der Waals surface area contributed by atoms with Crippen LogP contribution in [-0.4, -0.2) is 30.7 Å². The predicted molar refractivity (Wildman–Crippen MR) is 126 cm³/mol. The second-order valence-corrected chi connectivity index (χ2v) is 9.61. The molecule has 0 aliphatic heterocycles. The molecule has 2 unspecified atom stereocenters. The van der Waals surface area contributed by atoms with Crippen molar-refractivity contribution in [3.63, 3.8) is 0 Å². The van der Waals surface area contributed by atoms with Crippen LogP contribution in [0.25, 0.3) is 21.4 Å². The molecule has 0 fully saturated rings. The van der Waals surface area contributed by atoms with E-state index in [1.807, 2.05) is 41.2 Å². The molecule has 31 heavy (non-hydrogen) atoms. The van der Waals surface area contributed by atoms with E-state index in [0.29, 0.717) is 13.0 Å². The molecule has 2 N–H and O–H groups in total. The highest BCUT2D eigenvalue weighted by Crippen LogP contribution is 2.36. The summed E-state index contributed by atoms with van der Waals surface area (Å²) in [6.07, 6.45) is 2.06. The number of imidazole rings is 1. The number of hydrogen-bond donors (Lipinski definition) is 2. The molecular weight excluding hydrogens is 474 g/mol. The van der Waals surface area contributed by atoms with Crippen molar-refractivity contribution in [2.75, 3.05) is 5.32 Å². The van der Waals surface area contributed by atoms with Crippen LogP contribution < -0.4 is 5.32 Å². The van der Waals surface area contributed by atoms with E-state index in [1.165, 1.54) is 5.56 Å². The van der Waals surface area contributed by atoms with Crippen LogP contribution in [0, 0.1) is 0 Å². The Morgan fingerprint density at radius 3 is 2.90 bits per heavy atom. The smallest absolute Gasteiger partial charge is 0.184 e. The second-order valence-electron chi connectivity index (χ2n) is 7.76. The zero-order chi connectivity index (χ0) is 20.9. The van der Waals surface area contributed by atoms with Crippen LogP contribution in [0.1, 0.15) is 22.7 Å². The van der Waals surface area contributed by atoms with Gasteiger partial charge in [0.05, 0.1) is 35.2 Å².